The van der Waals surface area contributed by atoms with Gasteiger partial charge < -0.3 is 20.7 Å². The topological polar surface area (TPSA) is 111 Å². The summed E-state index contributed by atoms with van der Waals surface area (Å²) in [4.78, 5) is 15.7. The molecule has 1 aromatic rings. The normalized spacial score (nSPS) is 29.8. The zero-order chi connectivity index (χ0) is 15.8. The van der Waals surface area contributed by atoms with Crippen molar-refractivity contribution in [2.45, 2.75) is 49.2 Å². The van der Waals surface area contributed by atoms with Crippen molar-refractivity contribution in [2.75, 3.05) is 12.3 Å². The molecule has 7 nitrogen and oxygen atoms in total. The molecule has 0 unspecified atom stereocenters. The van der Waals surface area contributed by atoms with E-state index in [1.165, 1.54) is 28.6 Å². The van der Waals surface area contributed by atoms with Crippen molar-refractivity contribution >= 4 is 17.6 Å². The van der Waals surface area contributed by atoms with E-state index in [1.807, 2.05) is 20.8 Å². The van der Waals surface area contributed by atoms with Crippen LogP contribution in [0.1, 0.15) is 27.0 Å². The fourth-order valence-corrected chi connectivity index (χ4v) is 3.69. The third kappa shape index (κ3) is 3.57. The van der Waals surface area contributed by atoms with Gasteiger partial charge in [-0.2, -0.15) is 4.98 Å². The summed E-state index contributed by atoms with van der Waals surface area (Å²) in [6.45, 7) is 5.73. The summed E-state index contributed by atoms with van der Waals surface area (Å²) >= 11 is 1.50. The Morgan fingerprint density at radius 1 is 1.52 bits per heavy atom. The highest BCUT2D eigenvalue weighted by atomic mass is 32.2. The lowest BCUT2D eigenvalue weighted by Gasteiger charge is -2.28. The molecule has 0 radical (unpaired) electrons. The summed E-state index contributed by atoms with van der Waals surface area (Å²) < 4.78 is 6.82. The van der Waals surface area contributed by atoms with E-state index in [-0.39, 0.29) is 22.4 Å². The Hall–Kier alpha value is -1.09. The van der Waals surface area contributed by atoms with E-state index in [2.05, 4.69) is 4.98 Å². The number of nitrogens with zero attached hydrogens (tertiary/aromatic N) is 2. The second-order valence-corrected chi connectivity index (χ2v) is 7.98. The number of aliphatic hydroxyl groups is 2. The first-order valence-corrected chi connectivity index (χ1v) is 7.58. The van der Waals surface area contributed by atoms with Gasteiger partial charge in [0.15, 0.2) is 6.23 Å². The quantitative estimate of drug-likeness (QED) is 0.718. The Morgan fingerprint density at radius 3 is 2.71 bits per heavy atom. The molecule has 0 bridgehead atoms. The predicted octanol–water partition coefficient (Wildman–Crippen LogP) is -0.0236. The van der Waals surface area contributed by atoms with Crippen LogP contribution in [-0.2, 0) is 4.74 Å². The van der Waals surface area contributed by atoms with Gasteiger partial charge >= 0.3 is 5.69 Å². The van der Waals surface area contributed by atoms with E-state index in [9.17, 15) is 15.0 Å². The summed E-state index contributed by atoms with van der Waals surface area (Å²) in [5.41, 5.74) is 4.95. The maximum atomic E-state index is 12.0. The van der Waals surface area contributed by atoms with Gasteiger partial charge in [0.05, 0.1) is 18.0 Å². The van der Waals surface area contributed by atoms with Crippen molar-refractivity contribution in [3.8, 4) is 0 Å². The van der Waals surface area contributed by atoms with E-state index in [4.69, 9.17) is 10.5 Å². The molecular weight excluding hydrogens is 294 g/mol. The third-order valence-corrected chi connectivity index (χ3v) is 4.60. The van der Waals surface area contributed by atoms with Gasteiger partial charge in [-0.05, 0) is 6.07 Å². The summed E-state index contributed by atoms with van der Waals surface area (Å²) in [6.07, 6.45) is -0.784. The molecule has 4 N–H and O–H groups in total. The highest BCUT2D eigenvalue weighted by Crippen LogP contribution is 2.42. The molecule has 0 aromatic carbocycles. The number of rotatable bonds is 3. The van der Waals surface area contributed by atoms with Crippen LogP contribution >= 0.6 is 11.8 Å². The predicted molar refractivity (Wildman–Crippen MR) is 81.0 cm³/mol. The SMILES string of the molecule is CC(C)(C)S[C@H]1[C@H](O)[C@H](CO)O[C@@H]1n1ccc(N)nc1=O. The minimum Gasteiger partial charge on any atom is -0.394 e. The molecule has 1 aromatic heterocycles. The van der Waals surface area contributed by atoms with Gasteiger partial charge in [0.1, 0.15) is 11.9 Å². The first-order chi connectivity index (χ1) is 9.73. The molecule has 0 spiro atoms. The second kappa shape index (κ2) is 5.96. The lowest BCUT2D eigenvalue weighted by molar-refractivity contribution is -0.0456. The Bertz CT molecular complexity index is 557. The minimum absolute atomic E-state index is 0.133. The van der Waals surface area contributed by atoms with Crippen LogP contribution in [-0.4, -0.2) is 48.6 Å². The largest absolute Gasteiger partial charge is 0.394 e. The Kier molecular flexibility index (Phi) is 4.62. The van der Waals surface area contributed by atoms with Crippen LogP contribution < -0.4 is 11.4 Å². The average molecular weight is 315 g/mol. The van der Waals surface area contributed by atoms with Gasteiger partial charge in [-0.25, -0.2) is 4.79 Å². The first kappa shape index (κ1) is 16.3. The summed E-state index contributed by atoms with van der Waals surface area (Å²) in [6, 6.07) is 1.50. The maximum absolute atomic E-state index is 12.0. The number of hydrogen-bond acceptors (Lipinski definition) is 7. The number of anilines is 1. The van der Waals surface area contributed by atoms with E-state index < -0.39 is 24.1 Å². The smallest absolute Gasteiger partial charge is 0.351 e. The van der Waals surface area contributed by atoms with Crippen molar-refractivity contribution in [1.29, 1.82) is 0 Å². The van der Waals surface area contributed by atoms with Crippen LogP contribution in [0.25, 0.3) is 0 Å². The number of nitrogens with two attached hydrogens (primary N) is 1. The van der Waals surface area contributed by atoms with E-state index in [1.54, 1.807) is 0 Å². The first-order valence-electron chi connectivity index (χ1n) is 6.70. The fraction of sp³-hybridized carbons (Fsp3) is 0.692. The van der Waals surface area contributed by atoms with Crippen LogP contribution in [0.3, 0.4) is 0 Å². The lowest BCUT2D eigenvalue weighted by Crippen LogP contribution is -2.36. The Morgan fingerprint density at radius 2 is 2.19 bits per heavy atom. The second-order valence-electron chi connectivity index (χ2n) is 5.98. The molecule has 8 heteroatoms. The molecule has 118 valence electrons. The molecular formula is C13H21N3O4S. The zero-order valence-corrected chi connectivity index (χ0v) is 13.1. The molecule has 1 aliphatic heterocycles. The molecule has 0 amide bonds. The van der Waals surface area contributed by atoms with Crippen LogP contribution in [0.15, 0.2) is 17.1 Å². The van der Waals surface area contributed by atoms with Crippen LogP contribution in [0.5, 0.6) is 0 Å². The number of nitrogen functional groups attached to an aromatic ring is 1. The van der Waals surface area contributed by atoms with Crippen molar-refractivity contribution < 1.29 is 14.9 Å². The fourth-order valence-electron chi connectivity index (χ4n) is 2.25. The number of thioether (sulfide) groups is 1. The molecule has 1 fully saturated rings. The van der Waals surface area contributed by atoms with E-state index in [0.717, 1.165) is 0 Å². The van der Waals surface area contributed by atoms with E-state index >= 15 is 0 Å². The molecule has 0 aliphatic carbocycles. The third-order valence-electron chi connectivity index (χ3n) is 3.11. The van der Waals surface area contributed by atoms with Crippen LogP contribution in [0, 0.1) is 0 Å². The molecule has 1 saturated heterocycles. The number of aromatic nitrogens is 2. The number of hydrogen-bond donors (Lipinski definition) is 3. The van der Waals surface area contributed by atoms with Crippen LogP contribution in [0.4, 0.5) is 5.82 Å². The Balaban J connectivity index is 2.36. The van der Waals surface area contributed by atoms with Crippen molar-refractivity contribution in [1.82, 2.24) is 9.55 Å². The monoisotopic (exact) mass is 315 g/mol. The van der Waals surface area contributed by atoms with Crippen molar-refractivity contribution in [3.63, 3.8) is 0 Å². The Labute approximate surface area is 127 Å². The minimum atomic E-state index is -0.867. The maximum Gasteiger partial charge on any atom is 0.351 e. The molecule has 2 rings (SSSR count). The summed E-state index contributed by atoms with van der Waals surface area (Å²) in [7, 11) is 0. The lowest BCUT2D eigenvalue weighted by atomic mass is 10.2. The van der Waals surface area contributed by atoms with Gasteiger partial charge in [-0.1, -0.05) is 20.8 Å². The van der Waals surface area contributed by atoms with Gasteiger partial charge in [0, 0.05) is 10.9 Å². The van der Waals surface area contributed by atoms with Crippen molar-refractivity contribution in [3.05, 3.63) is 22.7 Å². The number of ether oxygens (including phenoxy) is 1. The summed E-state index contributed by atoms with van der Waals surface area (Å²) in [5.74, 6) is 0.133. The molecule has 21 heavy (non-hydrogen) atoms. The molecule has 1 aliphatic rings. The van der Waals surface area contributed by atoms with Gasteiger partial charge in [-0.3, -0.25) is 4.57 Å². The molecule has 4 atom stereocenters. The average Bonchev–Trinajstić information content (AvgIpc) is 2.65. The standard InChI is InChI=1S/C13H21N3O4S/c1-13(2,3)21-10-9(18)7(6-17)20-11(10)16-5-4-8(14)15-12(16)19/h4-5,7,9-11,17-18H,6H2,1-3H3,(H2,14,15,19)/t7-,9+,10-,11-/m0/s1. The van der Waals surface area contributed by atoms with Gasteiger partial charge in [-0.15, -0.1) is 11.8 Å². The van der Waals surface area contributed by atoms with Gasteiger partial charge in [0.25, 0.3) is 0 Å². The summed E-state index contributed by atoms with van der Waals surface area (Å²) in [5, 5.41) is 19.3. The van der Waals surface area contributed by atoms with Gasteiger partial charge in [0.2, 0.25) is 0 Å². The van der Waals surface area contributed by atoms with Crippen LogP contribution in [0.2, 0.25) is 0 Å². The molecule has 0 saturated carbocycles. The van der Waals surface area contributed by atoms with Crippen molar-refractivity contribution in [2.24, 2.45) is 0 Å². The molecule has 2 heterocycles. The van der Waals surface area contributed by atoms with E-state index in [0.29, 0.717) is 0 Å². The number of aliphatic hydroxyl groups excluding tert-OH is 2. The zero-order valence-electron chi connectivity index (χ0n) is 12.3. The highest BCUT2D eigenvalue weighted by Gasteiger charge is 2.46. The highest BCUT2D eigenvalue weighted by molar-refractivity contribution is 8.01.